The average molecular weight is 302 g/mol. The first-order valence-corrected chi connectivity index (χ1v) is 8.48. The van der Waals surface area contributed by atoms with Gasteiger partial charge in [0.05, 0.1) is 0 Å². The fraction of sp³-hybridized carbons (Fsp3) is 0.632. The van der Waals surface area contributed by atoms with Gasteiger partial charge in [-0.3, -0.25) is 0 Å². The molecular formula is C19H30N2O. The molecule has 2 atom stereocenters. The third-order valence-corrected chi connectivity index (χ3v) is 4.99. The highest BCUT2D eigenvalue weighted by molar-refractivity contribution is 5.89. The second-order valence-corrected chi connectivity index (χ2v) is 7.58. The van der Waals surface area contributed by atoms with E-state index < -0.39 is 0 Å². The summed E-state index contributed by atoms with van der Waals surface area (Å²) >= 11 is 0. The number of amides is 2. The van der Waals surface area contributed by atoms with Crippen molar-refractivity contribution < 1.29 is 4.79 Å². The van der Waals surface area contributed by atoms with Crippen molar-refractivity contribution in [1.82, 2.24) is 5.32 Å². The number of anilines is 1. The van der Waals surface area contributed by atoms with Crippen LogP contribution < -0.4 is 10.6 Å². The van der Waals surface area contributed by atoms with E-state index >= 15 is 0 Å². The maximum Gasteiger partial charge on any atom is 0.319 e. The Kier molecular flexibility index (Phi) is 5.15. The zero-order valence-electron chi connectivity index (χ0n) is 14.6. The molecule has 1 saturated carbocycles. The van der Waals surface area contributed by atoms with Gasteiger partial charge in [0, 0.05) is 11.7 Å². The highest BCUT2D eigenvalue weighted by Gasteiger charge is 2.32. The Hall–Kier alpha value is -1.51. The standard InChI is InChI=1S/C19H30N2O/c1-6-15-7-8-16(11-13(15)2)20-18(22)21-17-9-10-19(4,5)12-14(17)3/h7-8,11,14,17H,6,9-10,12H2,1-5H3,(H2,20,21,22). The first kappa shape index (κ1) is 16.9. The number of hydrogen-bond acceptors (Lipinski definition) is 1. The van der Waals surface area contributed by atoms with Gasteiger partial charge in [-0.1, -0.05) is 33.8 Å². The molecule has 0 heterocycles. The average Bonchev–Trinajstić information content (AvgIpc) is 2.42. The van der Waals surface area contributed by atoms with Crippen LogP contribution in [0.2, 0.25) is 0 Å². The van der Waals surface area contributed by atoms with Crippen molar-refractivity contribution >= 4 is 11.7 Å². The molecule has 1 aliphatic rings. The molecule has 1 aliphatic carbocycles. The number of carbonyl (C=O) groups excluding carboxylic acids is 1. The number of benzene rings is 1. The lowest BCUT2D eigenvalue weighted by atomic mass is 9.70. The number of rotatable bonds is 3. The summed E-state index contributed by atoms with van der Waals surface area (Å²) < 4.78 is 0. The molecule has 2 N–H and O–H groups in total. The van der Waals surface area contributed by atoms with Gasteiger partial charge < -0.3 is 10.6 Å². The van der Waals surface area contributed by atoms with Crippen LogP contribution in [0.25, 0.3) is 0 Å². The van der Waals surface area contributed by atoms with E-state index in [1.165, 1.54) is 24.0 Å². The molecule has 3 nitrogen and oxygen atoms in total. The van der Waals surface area contributed by atoms with Crippen LogP contribution in [0.3, 0.4) is 0 Å². The Morgan fingerprint density at radius 2 is 2.09 bits per heavy atom. The van der Waals surface area contributed by atoms with Crippen LogP contribution >= 0.6 is 0 Å². The Morgan fingerprint density at radius 3 is 2.68 bits per heavy atom. The molecule has 0 spiro atoms. The number of aryl methyl sites for hydroxylation is 2. The summed E-state index contributed by atoms with van der Waals surface area (Å²) in [6, 6.07) is 6.32. The minimum atomic E-state index is -0.0831. The highest BCUT2D eigenvalue weighted by atomic mass is 16.2. The SMILES string of the molecule is CCc1ccc(NC(=O)NC2CCC(C)(C)CC2C)cc1C. The molecule has 3 heteroatoms. The van der Waals surface area contributed by atoms with Crippen LogP contribution in [-0.4, -0.2) is 12.1 Å². The van der Waals surface area contributed by atoms with Crippen molar-refractivity contribution in [3.63, 3.8) is 0 Å². The molecule has 22 heavy (non-hydrogen) atoms. The zero-order chi connectivity index (χ0) is 16.3. The second kappa shape index (κ2) is 6.72. The second-order valence-electron chi connectivity index (χ2n) is 7.58. The van der Waals surface area contributed by atoms with Crippen LogP contribution in [0, 0.1) is 18.3 Å². The zero-order valence-corrected chi connectivity index (χ0v) is 14.6. The van der Waals surface area contributed by atoms with Gasteiger partial charge in [0.15, 0.2) is 0 Å². The molecule has 122 valence electrons. The van der Waals surface area contributed by atoms with E-state index in [1.54, 1.807) is 0 Å². The summed E-state index contributed by atoms with van der Waals surface area (Å²) in [7, 11) is 0. The molecule has 0 bridgehead atoms. The van der Waals surface area contributed by atoms with E-state index in [4.69, 9.17) is 0 Å². The van der Waals surface area contributed by atoms with Gasteiger partial charge in [-0.2, -0.15) is 0 Å². The predicted octanol–water partition coefficient (Wildman–Crippen LogP) is 4.89. The Morgan fingerprint density at radius 1 is 1.36 bits per heavy atom. The lowest BCUT2D eigenvalue weighted by Gasteiger charge is -2.39. The lowest BCUT2D eigenvalue weighted by Crippen LogP contribution is -2.46. The van der Waals surface area contributed by atoms with Gasteiger partial charge in [0.25, 0.3) is 0 Å². The van der Waals surface area contributed by atoms with Gasteiger partial charge in [0.2, 0.25) is 0 Å². The summed E-state index contributed by atoms with van der Waals surface area (Å²) in [4.78, 5) is 12.2. The highest BCUT2D eigenvalue weighted by Crippen LogP contribution is 2.38. The summed E-state index contributed by atoms with van der Waals surface area (Å²) in [6.45, 7) is 11.1. The topological polar surface area (TPSA) is 41.1 Å². The first-order valence-electron chi connectivity index (χ1n) is 8.48. The van der Waals surface area contributed by atoms with Crippen LogP contribution in [-0.2, 0) is 6.42 Å². The van der Waals surface area contributed by atoms with Crippen LogP contribution in [0.4, 0.5) is 10.5 Å². The molecule has 0 saturated heterocycles. The van der Waals surface area contributed by atoms with E-state index in [1.807, 2.05) is 12.1 Å². The minimum Gasteiger partial charge on any atom is -0.335 e. The van der Waals surface area contributed by atoms with E-state index in [-0.39, 0.29) is 12.1 Å². The third kappa shape index (κ3) is 4.25. The summed E-state index contributed by atoms with van der Waals surface area (Å²) in [5, 5.41) is 6.13. The molecule has 1 aromatic rings. The maximum absolute atomic E-state index is 12.2. The molecule has 1 aromatic carbocycles. The van der Waals surface area contributed by atoms with Crippen molar-refractivity contribution in [3.05, 3.63) is 29.3 Å². The monoisotopic (exact) mass is 302 g/mol. The molecule has 0 aliphatic heterocycles. The van der Waals surface area contributed by atoms with Crippen molar-refractivity contribution in [1.29, 1.82) is 0 Å². The maximum atomic E-state index is 12.2. The van der Waals surface area contributed by atoms with E-state index in [2.05, 4.69) is 51.3 Å². The molecule has 0 radical (unpaired) electrons. The fourth-order valence-electron chi connectivity index (χ4n) is 3.67. The number of urea groups is 1. The van der Waals surface area contributed by atoms with E-state index in [0.717, 1.165) is 18.5 Å². The largest absolute Gasteiger partial charge is 0.335 e. The molecule has 2 rings (SSSR count). The third-order valence-electron chi connectivity index (χ3n) is 4.99. The number of hydrogen-bond donors (Lipinski definition) is 2. The normalized spacial score (nSPS) is 23.9. The van der Waals surface area contributed by atoms with Crippen LogP contribution in [0.5, 0.6) is 0 Å². The number of nitrogens with one attached hydrogen (secondary N) is 2. The van der Waals surface area contributed by atoms with Crippen molar-refractivity contribution in [2.75, 3.05) is 5.32 Å². The Labute approximate surface area is 134 Å². The van der Waals surface area contributed by atoms with Crippen molar-refractivity contribution in [3.8, 4) is 0 Å². The molecular weight excluding hydrogens is 272 g/mol. The fourth-order valence-corrected chi connectivity index (χ4v) is 3.67. The molecule has 2 amide bonds. The Bertz CT molecular complexity index is 536. The smallest absolute Gasteiger partial charge is 0.319 e. The van der Waals surface area contributed by atoms with Crippen molar-refractivity contribution in [2.45, 2.75) is 66.3 Å². The molecule has 1 fully saturated rings. The molecule has 0 aromatic heterocycles. The van der Waals surface area contributed by atoms with Crippen molar-refractivity contribution in [2.24, 2.45) is 11.3 Å². The van der Waals surface area contributed by atoms with Gasteiger partial charge in [-0.25, -0.2) is 4.79 Å². The van der Waals surface area contributed by atoms with Gasteiger partial charge in [0.1, 0.15) is 0 Å². The first-order chi connectivity index (χ1) is 10.3. The van der Waals surface area contributed by atoms with Crippen LogP contribution in [0.15, 0.2) is 18.2 Å². The minimum absolute atomic E-state index is 0.0831. The molecule has 2 unspecified atom stereocenters. The predicted molar refractivity (Wildman–Crippen MR) is 93.3 cm³/mol. The van der Waals surface area contributed by atoms with Crippen LogP contribution in [0.1, 0.15) is 58.1 Å². The lowest BCUT2D eigenvalue weighted by molar-refractivity contribution is 0.152. The summed E-state index contributed by atoms with van der Waals surface area (Å²) in [5.74, 6) is 0.527. The van der Waals surface area contributed by atoms with Gasteiger partial charge in [-0.15, -0.1) is 0 Å². The van der Waals surface area contributed by atoms with Gasteiger partial charge >= 0.3 is 6.03 Å². The van der Waals surface area contributed by atoms with E-state index in [9.17, 15) is 4.79 Å². The number of carbonyl (C=O) groups is 1. The van der Waals surface area contributed by atoms with E-state index in [0.29, 0.717) is 11.3 Å². The summed E-state index contributed by atoms with van der Waals surface area (Å²) in [6.07, 6.45) is 4.43. The quantitative estimate of drug-likeness (QED) is 0.819. The van der Waals surface area contributed by atoms with Gasteiger partial charge in [-0.05, 0) is 67.2 Å². The summed E-state index contributed by atoms with van der Waals surface area (Å²) in [5.41, 5.74) is 3.83. The Balaban J connectivity index is 1.92.